The zero-order valence-corrected chi connectivity index (χ0v) is 17.2. The Hall–Kier alpha value is -2.49. The highest BCUT2D eigenvalue weighted by Gasteiger charge is 2.03. The first-order chi connectivity index (χ1) is 13.7. The number of carbonyl (C=O) groups excluding carboxylic acids is 1. The summed E-state index contributed by atoms with van der Waals surface area (Å²) >= 11 is 0. The van der Waals surface area contributed by atoms with Gasteiger partial charge in [0.25, 0.3) is 0 Å². The van der Waals surface area contributed by atoms with Crippen molar-refractivity contribution in [2.45, 2.75) is 71.6 Å². The molecule has 0 aliphatic carbocycles. The summed E-state index contributed by atoms with van der Waals surface area (Å²) in [6.45, 7) is 4.20. The number of aryl methyl sites for hydroxylation is 1. The van der Waals surface area contributed by atoms with Gasteiger partial charge in [-0.2, -0.15) is 10.2 Å². The van der Waals surface area contributed by atoms with E-state index in [-0.39, 0.29) is 5.97 Å². The van der Waals surface area contributed by atoms with Crippen LogP contribution in [0.4, 0.5) is 11.4 Å². The molecule has 0 atom stereocenters. The molecule has 0 saturated heterocycles. The van der Waals surface area contributed by atoms with Crippen LogP contribution >= 0.6 is 0 Å². The second kappa shape index (κ2) is 12.8. The third-order valence-electron chi connectivity index (χ3n) is 4.56. The Balaban J connectivity index is 1.78. The Bertz CT molecular complexity index is 721. The van der Waals surface area contributed by atoms with Gasteiger partial charge in [0.1, 0.15) is 5.75 Å². The maximum absolute atomic E-state index is 11.5. The third-order valence-corrected chi connectivity index (χ3v) is 4.56. The van der Waals surface area contributed by atoms with Crippen molar-refractivity contribution in [3.05, 3.63) is 54.1 Å². The zero-order chi connectivity index (χ0) is 20.0. The van der Waals surface area contributed by atoms with Crippen LogP contribution in [-0.4, -0.2) is 5.97 Å². The molecule has 0 fully saturated rings. The number of azo groups is 1. The van der Waals surface area contributed by atoms with Crippen LogP contribution in [0.3, 0.4) is 0 Å². The van der Waals surface area contributed by atoms with E-state index in [0.717, 1.165) is 24.2 Å². The standard InChI is InChI=1S/C24H32N2O2/c1-3-5-6-7-8-9-11-20-12-14-21(15-13-20)25-26-22-16-18-23(19-17-22)28-24(27)10-4-2/h12-19H,3-11H2,1-2H3. The van der Waals surface area contributed by atoms with Crippen molar-refractivity contribution in [1.29, 1.82) is 0 Å². The van der Waals surface area contributed by atoms with Gasteiger partial charge in [-0.1, -0.05) is 58.1 Å². The Morgan fingerprint density at radius 1 is 0.750 bits per heavy atom. The normalized spacial score (nSPS) is 11.1. The first-order valence-corrected chi connectivity index (χ1v) is 10.5. The van der Waals surface area contributed by atoms with E-state index in [9.17, 15) is 4.79 Å². The minimum absolute atomic E-state index is 0.210. The average Bonchev–Trinajstić information content (AvgIpc) is 2.71. The molecule has 2 aromatic carbocycles. The summed E-state index contributed by atoms with van der Waals surface area (Å²) in [6, 6.07) is 15.4. The highest BCUT2D eigenvalue weighted by atomic mass is 16.5. The Morgan fingerprint density at radius 3 is 1.93 bits per heavy atom. The maximum Gasteiger partial charge on any atom is 0.311 e. The van der Waals surface area contributed by atoms with Crippen molar-refractivity contribution in [3.8, 4) is 5.75 Å². The molecule has 0 radical (unpaired) electrons. The largest absolute Gasteiger partial charge is 0.427 e. The number of rotatable bonds is 12. The average molecular weight is 381 g/mol. The van der Waals surface area contributed by atoms with Gasteiger partial charge in [0.2, 0.25) is 0 Å². The summed E-state index contributed by atoms with van der Waals surface area (Å²) < 4.78 is 5.23. The van der Waals surface area contributed by atoms with Gasteiger partial charge in [-0.3, -0.25) is 4.79 Å². The van der Waals surface area contributed by atoms with Crippen LogP contribution < -0.4 is 4.74 Å². The van der Waals surface area contributed by atoms with Gasteiger partial charge in [0, 0.05) is 6.42 Å². The van der Waals surface area contributed by atoms with Crippen molar-refractivity contribution >= 4 is 17.3 Å². The number of esters is 1. The minimum atomic E-state index is -0.210. The van der Waals surface area contributed by atoms with E-state index in [1.54, 1.807) is 24.3 Å². The van der Waals surface area contributed by atoms with E-state index in [1.807, 2.05) is 19.1 Å². The van der Waals surface area contributed by atoms with Gasteiger partial charge in [-0.05, 0) is 61.2 Å². The van der Waals surface area contributed by atoms with Crippen LogP contribution in [0.1, 0.15) is 70.8 Å². The van der Waals surface area contributed by atoms with E-state index >= 15 is 0 Å². The summed E-state index contributed by atoms with van der Waals surface area (Å²) in [6.07, 6.45) is 10.2. The van der Waals surface area contributed by atoms with E-state index in [0.29, 0.717) is 12.2 Å². The highest BCUT2D eigenvalue weighted by Crippen LogP contribution is 2.22. The maximum atomic E-state index is 11.5. The fourth-order valence-electron chi connectivity index (χ4n) is 2.92. The lowest BCUT2D eigenvalue weighted by atomic mass is 10.0. The molecule has 0 spiro atoms. The fourth-order valence-corrected chi connectivity index (χ4v) is 2.92. The number of hydrogen-bond acceptors (Lipinski definition) is 4. The second-order valence-electron chi connectivity index (χ2n) is 7.10. The van der Waals surface area contributed by atoms with Crippen LogP contribution in [0.2, 0.25) is 0 Å². The van der Waals surface area contributed by atoms with Crippen LogP contribution in [0, 0.1) is 0 Å². The van der Waals surface area contributed by atoms with Crippen molar-refractivity contribution in [3.63, 3.8) is 0 Å². The number of ether oxygens (including phenoxy) is 1. The summed E-state index contributed by atoms with van der Waals surface area (Å²) in [5.41, 5.74) is 2.92. The van der Waals surface area contributed by atoms with E-state index < -0.39 is 0 Å². The Morgan fingerprint density at radius 2 is 1.32 bits per heavy atom. The van der Waals surface area contributed by atoms with Crippen molar-refractivity contribution in [2.24, 2.45) is 10.2 Å². The SMILES string of the molecule is CCCCCCCCc1ccc(N=Nc2ccc(OC(=O)CCC)cc2)cc1. The molecule has 0 bridgehead atoms. The minimum Gasteiger partial charge on any atom is -0.427 e. The molecule has 4 nitrogen and oxygen atoms in total. The molecular weight excluding hydrogens is 348 g/mol. The Kier molecular flexibility index (Phi) is 9.98. The first kappa shape index (κ1) is 21.8. The van der Waals surface area contributed by atoms with Crippen LogP contribution in [-0.2, 0) is 11.2 Å². The molecule has 0 N–H and O–H groups in total. The number of nitrogens with zero attached hydrogens (tertiary/aromatic N) is 2. The lowest BCUT2D eigenvalue weighted by Gasteiger charge is -2.03. The molecule has 4 heteroatoms. The molecule has 0 aliphatic heterocycles. The lowest BCUT2D eigenvalue weighted by molar-refractivity contribution is -0.134. The lowest BCUT2D eigenvalue weighted by Crippen LogP contribution is -2.06. The van der Waals surface area contributed by atoms with Crippen molar-refractivity contribution < 1.29 is 9.53 Å². The number of hydrogen-bond donors (Lipinski definition) is 0. The number of carbonyl (C=O) groups is 1. The predicted octanol–water partition coefficient (Wildman–Crippen LogP) is 7.71. The van der Waals surface area contributed by atoms with Crippen LogP contribution in [0.25, 0.3) is 0 Å². The quantitative estimate of drug-likeness (QED) is 0.164. The fraction of sp³-hybridized carbons (Fsp3) is 0.458. The van der Waals surface area contributed by atoms with E-state index in [1.165, 1.54) is 44.1 Å². The molecule has 2 aromatic rings. The van der Waals surface area contributed by atoms with Crippen LogP contribution in [0.5, 0.6) is 5.75 Å². The monoisotopic (exact) mass is 380 g/mol. The van der Waals surface area contributed by atoms with Gasteiger partial charge in [-0.25, -0.2) is 0 Å². The van der Waals surface area contributed by atoms with E-state index in [4.69, 9.17) is 4.74 Å². The van der Waals surface area contributed by atoms with Gasteiger partial charge in [0.15, 0.2) is 0 Å². The van der Waals surface area contributed by atoms with E-state index in [2.05, 4.69) is 29.3 Å². The zero-order valence-electron chi connectivity index (χ0n) is 17.2. The van der Waals surface area contributed by atoms with Crippen molar-refractivity contribution in [1.82, 2.24) is 0 Å². The summed E-state index contributed by atoms with van der Waals surface area (Å²) in [7, 11) is 0. The molecule has 0 heterocycles. The first-order valence-electron chi connectivity index (χ1n) is 10.5. The molecule has 2 rings (SSSR count). The predicted molar refractivity (Wildman–Crippen MR) is 115 cm³/mol. The van der Waals surface area contributed by atoms with Gasteiger partial charge < -0.3 is 4.74 Å². The van der Waals surface area contributed by atoms with Crippen LogP contribution in [0.15, 0.2) is 58.8 Å². The number of unbranched alkanes of at least 4 members (excludes halogenated alkanes) is 5. The molecule has 0 amide bonds. The summed E-state index contributed by atoms with van der Waals surface area (Å²) in [5, 5.41) is 8.54. The third kappa shape index (κ3) is 8.47. The summed E-state index contributed by atoms with van der Waals surface area (Å²) in [5.74, 6) is 0.328. The molecule has 150 valence electrons. The molecular formula is C24H32N2O2. The highest BCUT2D eigenvalue weighted by molar-refractivity contribution is 5.72. The molecule has 0 unspecified atom stereocenters. The Labute approximate surface area is 169 Å². The molecule has 0 saturated carbocycles. The molecule has 0 aliphatic rings. The van der Waals surface area contributed by atoms with Gasteiger partial charge in [-0.15, -0.1) is 0 Å². The smallest absolute Gasteiger partial charge is 0.311 e. The second-order valence-corrected chi connectivity index (χ2v) is 7.10. The summed E-state index contributed by atoms with van der Waals surface area (Å²) in [4.78, 5) is 11.5. The molecule has 0 aromatic heterocycles. The van der Waals surface area contributed by atoms with Gasteiger partial charge in [0.05, 0.1) is 11.4 Å². The topological polar surface area (TPSA) is 51.0 Å². The van der Waals surface area contributed by atoms with Crippen molar-refractivity contribution in [2.75, 3.05) is 0 Å². The van der Waals surface area contributed by atoms with Gasteiger partial charge >= 0.3 is 5.97 Å². The molecule has 28 heavy (non-hydrogen) atoms. The number of benzene rings is 2.